The second kappa shape index (κ2) is 7.49. The van der Waals surface area contributed by atoms with Gasteiger partial charge in [0, 0.05) is 23.7 Å². The van der Waals surface area contributed by atoms with Gasteiger partial charge in [0.05, 0.1) is 12.0 Å². The minimum atomic E-state index is -0.0103. The van der Waals surface area contributed by atoms with Crippen LogP contribution in [0.2, 0.25) is 5.02 Å². The zero-order chi connectivity index (χ0) is 14.4. The van der Waals surface area contributed by atoms with Gasteiger partial charge < -0.3 is 5.73 Å². The molecule has 1 aromatic rings. The molecule has 0 spiro atoms. The van der Waals surface area contributed by atoms with Crippen LogP contribution >= 0.6 is 11.6 Å². The van der Waals surface area contributed by atoms with Crippen LogP contribution in [-0.2, 0) is 0 Å². The molecule has 19 heavy (non-hydrogen) atoms. The van der Waals surface area contributed by atoms with Gasteiger partial charge in [-0.05, 0) is 38.1 Å². The molecule has 0 bridgehead atoms. The van der Waals surface area contributed by atoms with Crippen LogP contribution in [0.25, 0.3) is 0 Å². The number of rotatable bonds is 6. The predicted molar refractivity (Wildman–Crippen MR) is 79.9 cm³/mol. The summed E-state index contributed by atoms with van der Waals surface area (Å²) in [6, 6.07) is 10.2. The van der Waals surface area contributed by atoms with Crippen LogP contribution in [-0.4, -0.2) is 24.5 Å². The van der Waals surface area contributed by atoms with Crippen molar-refractivity contribution in [1.29, 1.82) is 5.26 Å². The Hall–Kier alpha value is -1.08. The van der Waals surface area contributed by atoms with E-state index in [0.29, 0.717) is 6.54 Å². The van der Waals surface area contributed by atoms with Crippen molar-refractivity contribution in [1.82, 2.24) is 4.90 Å². The van der Waals surface area contributed by atoms with Gasteiger partial charge in [0.15, 0.2) is 0 Å². The third kappa shape index (κ3) is 4.50. The normalized spacial score (nSPS) is 15.8. The summed E-state index contributed by atoms with van der Waals surface area (Å²) in [6.07, 6.45) is 0.887. The predicted octanol–water partition coefficient (Wildman–Crippen LogP) is 3.21. The smallest absolute Gasteiger partial charge is 0.0666 e. The summed E-state index contributed by atoms with van der Waals surface area (Å²) in [5, 5.41) is 9.67. The van der Waals surface area contributed by atoms with E-state index in [9.17, 15) is 0 Å². The van der Waals surface area contributed by atoms with E-state index in [-0.39, 0.29) is 18.0 Å². The van der Waals surface area contributed by atoms with Gasteiger partial charge in [-0.15, -0.1) is 0 Å². The van der Waals surface area contributed by atoms with Crippen molar-refractivity contribution < 1.29 is 0 Å². The Morgan fingerprint density at radius 3 is 2.42 bits per heavy atom. The average Bonchev–Trinajstić information content (AvgIpc) is 2.40. The average molecular weight is 280 g/mol. The number of halogens is 1. The first-order chi connectivity index (χ1) is 8.99. The second-order valence-corrected chi connectivity index (χ2v) is 5.47. The van der Waals surface area contributed by atoms with Crippen molar-refractivity contribution in [3.63, 3.8) is 0 Å². The van der Waals surface area contributed by atoms with Crippen molar-refractivity contribution in [2.45, 2.75) is 32.4 Å². The summed E-state index contributed by atoms with van der Waals surface area (Å²) < 4.78 is 0. The lowest BCUT2D eigenvalue weighted by molar-refractivity contribution is 0.197. The maximum Gasteiger partial charge on any atom is 0.0666 e. The Balaban J connectivity index is 2.95. The van der Waals surface area contributed by atoms with E-state index in [1.165, 1.54) is 0 Å². The summed E-state index contributed by atoms with van der Waals surface area (Å²) in [7, 11) is 2.02. The molecule has 0 saturated heterocycles. The highest BCUT2D eigenvalue weighted by atomic mass is 35.5. The quantitative estimate of drug-likeness (QED) is 0.870. The summed E-state index contributed by atoms with van der Waals surface area (Å²) in [6.45, 7) is 4.71. The SMILES string of the molecule is CCC(N)C(c1ccc(Cl)cc1)N(C)CC(C)C#N. The highest BCUT2D eigenvalue weighted by molar-refractivity contribution is 6.30. The molecule has 2 N–H and O–H groups in total. The molecule has 0 fully saturated rings. The third-order valence-electron chi connectivity index (χ3n) is 3.35. The fourth-order valence-corrected chi connectivity index (χ4v) is 2.42. The van der Waals surface area contributed by atoms with Crippen LogP contribution in [0.15, 0.2) is 24.3 Å². The fourth-order valence-electron chi connectivity index (χ4n) is 2.30. The zero-order valence-electron chi connectivity index (χ0n) is 11.8. The Bertz CT molecular complexity index is 424. The lowest BCUT2D eigenvalue weighted by atomic mass is 9.96. The molecule has 104 valence electrons. The monoisotopic (exact) mass is 279 g/mol. The maximum atomic E-state index is 8.94. The molecule has 0 aliphatic rings. The Kier molecular flexibility index (Phi) is 6.30. The number of hydrogen-bond donors (Lipinski definition) is 1. The Morgan fingerprint density at radius 2 is 1.95 bits per heavy atom. The van der Waals surface area contributed by atoms with Crippen molar-refractivity contribution in [2.75, 3.05) is 13.6 Å². The third-order valence-corrected chi connectivity index (χ3v) is 3.60. The molecule has 0 heterocycles. The van der Waals surface area contributed by atoms with Crippen LogP contribution in [0, 0.1) is 17.2 Å². The number of nitriles is 1. The Labute approximate surface area is 121 Å². The zero-order valence-corrected chi connectivity index (χ0v) is 12.6. The standard InChI is InChI=1S/C15H22ClN3/c1-4-14(18)15(19(3)10-11(2)9-17)12-5-7-13(16)8-6-12/h5-8,11,14-15H,4,10,18H2,1-3H3. The van der Waals surface area contributed by atoms with Crippen LogP contribution in [0.1, 0.15) is 31.9 Å². The van der Waals surface area contributed by atoms with Crippen molar-refractivity contribution in [3.05, 3.63) is 34.9 Å². The Morgan fingerprint density at radius 1 is 1.37 bits per heavy atom. The summed E-state index contributed by atoms with van der Waals surface area (Å²) in [5.74, 6) is -0.0103. The van der Waals surface area contributed by atoms with Crippen LogP contribution in [0.3, 0.4) is 0 Å². The summed E-state index contributed by atoms with van der Waals surface area (Å²) in [5.41, 5.74) is 7.39. The minimum absolute atomic E-state index is 0.0103. The molecule has 0 saturated carbocycles. The highest BCUT2D eigenvalue weighted by Gasteiger charge is 2.24. The molecule has 0 aliphatic heterocycles. The first-order valence-electron chi connectivity index (χ1n) is 6.60. The van der Waals surface area contributed by atoms with E-state index in [1.54, 1.807) is 0 Å². The first kappa shape index (κ1) is 16.0. The molecule has 3 unspecified atom stereocenters. The number of hydrogen-bond acceptors (Lipinski definition) is 3. The van der Waals surface area contributed by atoms with Crippen molar-refractivity contribution >= 4 is 11.6 Å². The molecule has 0 amide bonds. The van der Waals surface area contributed by atoms with E-state index < -0.39 is 0 Å². The second-order valence-electron chi connectivity index (χ2n) is 5.04. The van der Waals surface area contributed by atoms with Gasteiger partial charge in [-0.1, -0.05) is 30.7 Å². The molecule has 4 heteroatoms. The molecule has 3 atom stereocenters. The molecule has 0 aliphatic carbocycles. The van der Waals surface area contributed by atoms with Gasteiger partial charge in [-0.2, -0.15) is 5.26 Å². The van der Waals surface area contributed by atoms with E-state index in [0.717, 1.165) is 17.0 Å². The number of nitrogens with two attached hydrogens (primary N) is 1. The lowest BCUT2D eigenvalue weighted by Gasteiger charge is -2.33. The molecular weight excluding hydrogens is 258 g/mol. The first-order valence-corrected chi connectivity index (χ1v) is 6.98. The topological polar surface area (TPSA) is 53.0 Å². The minimum Gasteiger partial charge on any atom is -0.326 e. The largest absolute Gasteiger partial charge is 0.326 e. The number of nitrogens with zero attached hydrogens (tertiary/aromatic N) is 2. The van der Waals surface area contributed by atoms with Crippen molar-refractivity contribution in [2.24, 2.45) is 11.7 Å². The lowest BCUT2D eigenvalue weighted by Crippen LogP contribution is -2.40. The van der Waals surface area contributed by atoms with E-state index in [2.05, 4.69) is 17.9 Å². The molecular formula is C15H22ClN3. The van der Waals surface area contributed by atoms with Crippen LogP contribution in [0.4, 0.5) is 0 Å². The fraction of sp³-hybridized carbons (Fsp3) is 0.533. The maximum absolute atomic E-state index is 8.94. The van der Waals surface area contributed by atoms with Gasteiger partial charge in [-0.25, -0.2) is 0 Å². The molecule has 1 rings (SSSR count). The molecule has 0 aromatic heterocycles. The van der Waals surface area contributed by atoms with E-state index in [4.69, 9.17) is 22.6 Å². The van der Waals surface area contributed by atoms with Gasteiger partial charge in [0.1, 0.15) is 0 Å². The van der Waals surface area contributed by atoms with Crippen molar-refractivity contribution in [3.8, 4) is 6.07 Å². The summed E-state index contributed by atoms with van der Waals surface area (Å²) in [4.78, 5) is 2.16. The number of benzene rings is 1. The number of likely N-dealkylation sites (N-methyl/N-ethyl adjacent to an activating group) is 1. The van der Waals surface area contributed by atoms with Crippen LogP contribution < -0.4 is 5.73 Å². The summed E-state index contributed by atoms with van der Waals surface area (Å²) >= 11 is 5.93. The van der Waals surface area contributed by atoms with Crippen LogP contribution in [0.5, 0.6) is 0 Å². The van der Waals surface area contributed by atoms with E-state index in [1.807, 2.05) is 38.2 Å². The van der Waals surface area contributed by atoms with Gasteiger partial charge in [-0.3, -0.25) is 4.90 Å². The molecule has 3 nitrogen and oxygen atoms in total. The van der Waals surface area contributed by atoms with Gasteiger partial charge in [0.25, 0.3) is 0 Å². The molecule has 1 aromatic carbocycles. The van der Waals surface area contributed by atoms with Gasteiger partial charge in [0.2, 0.25) is 0 Å². The molecule has 0 radical (unpaired) electrons. The van der Waals surface area contributed by atoms with Gasteiger partial charge >= 0.3 is 0 Å². The van der Waals surface area contributed by atoms with E-state index >= 15 is 0 Å². The highest BCUT2D eigenvalue weighted by Crippen LogP contribution is 2.25.